The first-order chi connectivity index (χ1) is 16.9. The van der Waals surface area contributed by atoms with Crippen LogP contribution in [0.5, 0.6) is 11.5 Å². The number of hydrogen-bond donors (Lipinski definition) is 1. The molecule has 0 spiro atoms. The van der Waals surface area contributed by atoms with Crippen molar-refractivity contribution in [3.8, 4) is 34.7 Å². The van der Waals surface area contributed by atoms with E-state index in [1.54, 1.807) is 41.9 Å². The van der Waals surface area contributed by atoms with Gasteiger partial charge in [-0.3, -0.25) is 4.79 Å². The number of alkyl halides is 2. The van der Waals surface area contributed by atoms with Crippen molar-refractivity contribution in [3.63, 3.8) is 0 Å². The van der Waals surface area contributed by atoms with Crippen LogP contribution in [-0.2, 0) is 11.4 Å². The van der Waals surface area contributed by atoms with Crippen LogP contribution in [-0.4, -0.2) is 32.3 Å². The van der Waals surface area contributed by atoms with Crippen molar-refractivity contribution in [1.29, 1.82) is 0 Å². The second-order valence-corrected chi connectivity index (χ2v) is 7.58. The van der Waals surface area contributed by atoms with E-state index in [4.69, 9.17) is 9.84 Å². The summed E-state index contributed by atoms with van der Waals surface area (Å²) in [5.41, 5.74) is 2.98. The number of fused-ring (bicyclic) bond motifs is 1. The molecule has 0 saturated heterocycles. The molecule has 0 saturated carbocycles. The number of pyridine rings is 1. The molecule has 35 heavy (non-hydrogen) atoms. The van der Waals surface area contributed by atoms with Gasteiger partial charge in [-0.2, -0.15) is 8.78 Å². The van der Waals surface area contributed by atoms with E-state index >= 15 is 0 Å². The normalized spacial score (nSPS) is 11.7. The van der Waals surface area contributed by atoms with Crippen LogP contribution < -0.4 is 9.47 Å². The van der Waals surface area contributed by atoms with Gasteiger partial charge in [0.25, 0.3) is 0 Å². The summed E-state index contributed by atoms with van der Waals surface area (Å²) in [7, 11) is 0. The average Bonchev–Trinajstić information content (AvgIpc) is 3.26. The second kappa shape index (κ2) is 10.7. The highest BCUT2D eigenvalue weighted by molar-refractivity contribution is 5.69. The van der Waals surface area contributed by atoms with Crippen molar-refractivity contribution in [2.24, 2.45) is 0 Å². The van der Waals surface area contributed by atoms with Crippen LogP contribution in [0.3, 0.4) is 0 Å². The molecule has 1 atom stereocenters. The van der Waals surface area contributed by atoms with E-state index in [-0.39, 0.29) is 24.7 Å². The number of aliphatic carboxylic acids is 1. The maximum Gasteiger partial charge on any atom is 0.387 e. The van der Waals surface area contributed by atoms with Crippen molar-refractivity contribution in [3.05, 3.63) is 78.0 Å². The third kappa shape index (κ3) is 6.12. The number of carboxylic acids is 1. The maximum absolute atomic E-state index is 12.3. The Labute approximate surface area is 200 Å². The Balaban J connectivity index is 1.43. The highest BCUT2D eigenvalue weighted by atomic mass is 19.3. The van der Waals surface area contributed by atoms with E-state index < -0.39 is 12.6 Å². The molecule has 0 aliphatic carbocycles. The number of ether oxygens (including phenoxy) is 2. The van der Waals surface area contributed by atoms with Gasteiger partial charge in [0.2, 0.25) is 0 Å². The summed E-state index contributed by atoms with van der Waals surface area (Å²) < 4.78 is 36.5. The van der Waals surface area contributed by atoms with Gasteiger partial charge < -0.3 is 14.6 Å². The largest absolute Gasteiger partial charge is 0.489 e. The molecule has 1 N–H and O–H groups in total. The summed E-state index contributed by atoms with van der Waals surface area (Å²) >= 11 is 0. The Morgan fingerprint density at radius 2 is 1.77 bits per heavy atom. The molecule has 0 unspecified atom stereocenters. The first-order valence-electron chi connectivity index (χ1n) is 10.7. The lowest BCUT2D eigenvalue weighted by molar-refractivity contribution is -0.137. The molecule has 4 rings (SSSR count). The summed E-state index contributed by atoms with van der Waals surface area (Å²) in [6.45, 7) is -0.905. The predicted octanol–water partition coefficient (Wildman–Crippen LogP) is 5.16. The molecular weight excluding hydrogens is 456 g/mol. The molecule has 4 aromatic rings. The number of nitrogens with zero attached hydrogens (tertiary/aromatic N) is 3. The van der Waals surface area contributed by atoms with Gasteiger partial charge >= 0.3 is 12.6 Å². The molecule has 0 amide bonds. The Bertz CT molecular complexity index is 1370. The van der Waals surface area contributed by atoms with Gasteiger partial charge in [-0.1, -0.05) is 24.1 Å². The smallest absolute Gasteiger partial charge is 0.387 e. The number of hydrogen-bond acceptors (Lipinski definition) is 5. The minimum absolute atomic E-state index is 0.0609. The van der Waals surface area contributed by atoms with Gasteiger partial charge in [0, 0.05) is 17.3 Å². The minimum Gasteiger partial charge on any atom is -0.489 e. The van der Waals surface area contributed by atoms with E-state index in [1.165, 1.54) is 12.1 Å². The molecule has 0 aliphatic heterocycles. The molecule has 7 nitrogen and oxygen atoms in total. The quantitative estimate of drug-likeness (QED) is 0.335. The van der Waals surface area contributed by atoms with Gasteiger partial charge in [-0.15, -0.1) is 11.0 Å². The van der Waals surface area contributed by atoms with Crippen molar-refractivity contribution >= 4 is 11.6 Å². The number of carbonyl (C=O) groups is 1. The van der Waals surface area contributed by atoms with E-state index in [0.717, 1.165) is 11.1 Å². The molecule has 2 aromatic carbocycles. The Morgan fingerprint density at radius 3 is 2.43 bits per heavy atom. The van der Waals surface area contributed by atoms with E-state index in [0.29, 0.717) is 22.8 Å². The van der Waals surface area contributed by atoms with E-state index in [2.05, 4.69) is 26.7 Å². The zero-order chi connectivity index (χ0) is 24.8. The number of aromatic nitrogens is 3. The van der Waals surface area contributed by atoms with Crippen LogP contribution in [0.1, 0.15) is 30.4 Å². The molecule has 0 fully saturated rings. The first-order valence-corrected chi connectivity index (χ1v) is 10.7. The van der Waals surface area contributed by atoms with Crippen molar-refractivity contribution < 1.29 is 28.2 Å². The number of benzene rings is 2. The third-order valence-corrected chi connectivity index (χ3v) is 5.12. The lowest BCUT2D eigenvalue weighted by Crippen LogP contribution is -2.04. The van der Waals surface area contributed by atoms with Crippen molar-refractivity contribution in [1.82, 2.24) is 14.6 Å². The molecule has 2 heterocycles. The molecule has 178 valence electrons. The molecule has 0 radical (unpaired) electrons. The summed E-state index contributed by atoms with van der Waals surface area (Å²) in [5.74, 6) is 5.58. The van der Waals surface area contributed by atoms with Crippen LogP contribution in [0.15, 0.2) is 66.9 Å². The van der Waals surface area contributed by atoms with Crippen molar-refractivity contribution in [2.45, 2.75) is 32.5 Å². The number of carboxylic acid groups (broad SMARTS) is 1. The first kappa shape index (κ1) is 23.7. The zero-order valence-corrected chi connectivity index (χ0v) is 18.7. The van der Waals surface area contributed by atoms with E-state index in [1.807, 2.05) is 24.3 Å². The number of rotatable bonds is 9. The number of halogens is 2. The Kier molecular flexibility index (Phi) is 7.21. The SMILES string of the molecule is CC#C[C@@H](CC(=O)O)c1ccc(OCc2ccc3nc(-c4ccc(OC(F)F)cc4)nn3c2)cc1. The van der Waals surface area contributed by atoms with Crippen LogP contribution in [0.2, 0.25) is 0 Å². The fourth-order valence-electron chi connectivity index (χ4n) is 3.48. The van der Waals surface area contributed by atoms with E-state index in [9.17, 15) is 13.6 Å². The van der Waals surface area contributed by atoms with Gasteiger partial charge in [-0.05, 0) is 55.0 Å². The monoisotopic (exact) mass is 477 g/mol. The summed E-state index contributed by atoms with van der Waals surface area (Å²) in [4.78, 5) is 15.5. The highest BCUT2D eigenvalue weighted by Gasteiger charge is 2.13. The van der Waals surface area contributed by atoms with Crippen LogP contribution in [0.25, 0.3) is 17.0 Å². The molecule has 2 aromatic heterocycles. The van der Waals surface area contributed by atoms with Crippen LogP contribution in [0, 0.1) is 11.8 Å². The second-order valence-electron chi connectivity index (χ2n) is 7.58. The van der Waals surface area contributed by atoms with Crippen LogP contribution >= 0.6 is 0 Å². The third-order valence-electron chi connectivity index (χ3n) is 5.12. The fraction of sp³-hybridized carbons (Fsp3) is 0.192. The lowest BCUT2D eigenvalue weighted by Gasteiger charge is -2.11. The van der Waals surface area contributed by atoms with Gasteiger partial charge in [0.1, 0.15) is 18.1 Å². The Morgan fingerprint density at radius 1 is 1.06 bits per heavy atom. The van der Waals surface area contributed by atoms with Crippen LogP contribution in [0.4, 0.5) is 8.78 Å². The fourth-order valence-corrected chi connectivity index (χ4v) is 3.48. The van der Waals surface area contributed by atoms with Gasteiger partial charge in [-0.25, -0.2) is 9.50 Å². The molecular formula is C26H21F2N3O4. The minimum atomic E-state index is -2.88. The zero-order valence-electron chi connectivity index (χ0n) is 18.7. The Hall–Kier alpha value is -4.45. The summed E-state index contributed by atoms with van der Waals surface area (Å²) in [5, 5.41) is 13.5. The highest BCUT2D eigenvalue weighted by Crippen LogP contribution is 2.24. The average molecular weight is 477 g/mol. The molecule has 0 aliphatic rings. The summed E-state index contributed by atoms with van der Waals surface area (Å²) in [6, 6.07) is 17.0. The molecule has 0 bridgehead atoms. The van der Waals surface area contributed by atoms with Gasteiger partial charge in [0.05, 0.1) is 12.3 Å². The van der Waals surface area contributed by atoms with Crippen molar-refractivity contribution in [2.75, 3.05) is 0 Å². The predicted molar refractivity (Wildman–Crippen MR) is 124 cm³/mol. The summed E-state index contributed by atoms with van der Waals surface area (Å²) in [6.07, 6.45) is 1.74. The topological polar surface area (TPSA) is 86.0 Å². The standard InChI is InChI=1S/C26H21F2N3O4/c1-2-3-20(14-24(32)33)18-5-9-21(10-6-18)34-16-17-4-13-23-29-25(30-31(23)15-17)19-7-11-22(12-8-19)35-26(27)28/h4-13,15,20,26H,14,16H2,1H3,(H,32,33)/t20-/m0/s1. The molecule has 9 heteroatoms. The maximum atomic E-state index is 12.3. The van der Waals surface area contributed by atoms with Gasteiger partial charge in [0.15, 0.2) is 11.5 Å². The lowest BCUT2D eigenvalue weighted by atomic mass is 9.96.